The topological polar surface area (TPSA) is 37.8 Å². The highest BCUT2D eigenvalue weighted by molar-refractivity contribution is 5.58. The summed E-state index contributed by atoms with van der Waals surface area (Å²) >= 11 is 0. The first-order valence-electron chi connectivity index (χ1n) is 6.15. The Morgan fingerprint density at radius 1 is 1.17 bits per heavy atom. The molecular weight excluding hydrogens is 229 g/mol. The summed E-state index contributed by atoms with van der Waals surface area (Å²) in [5.74, 6) is -0.265. The number of halogens is 1. The average molecular weight is 243 g/mol. The van der Waals surface area contributed by atoms with Gasteiger partial charge in [-0.2, -0.15) is 0 Å². The van der Waals surface area contributed by atoms with Gasteiger partial charge in [-0.05, 0) is 31.5 Å². The van der Waals surface area contributed by atoms with Crippen molar-refractivity contribution >= 4 is 0 Å². The molecule has 0 saturated carbocycles. The lowest BCUT2D eigenvalue weighted by Crippen LogP contribution is -2.14. The highest BCUT2D eigenvalue weighted by Gasteiger charge is 2.17. The van der Waals surface area contributed by atoms with Crippen LogP contribution in [0.5, 0.6) is 0 Å². The third-order valence-electron chi connectivity index (χ3n) is 3.24. The fourth-order valence-corrected chi connectivity index (χ4v) is 2.26. The van der Waals surface area contributed by atoms with E-state index >= 15 is 0 Å². The van der Waals surface area contributed by atoms with Gasteiger partial charge in [-0.25, -0.2) is 4.39 Å². The molecule has 0 bridgehead atoms. The van der Waals surface area contributed by atoms with Crippen LogP contribution in [0.15, 0.2) is 36.7 Å². The lowest BCUT2D eigenvalue weighted by molar-refractivity contribution is 0.622. The van der Waals surface area contributed by atoms with Gasteiger partial charge in [0.1, 0.15) is 5.82 Å². The monoisotopic (exact) mass is 243 g/mol. The molecule has 0 amide bonds. The molecule has 1 N–H and O–H groups in total. The standard InChI is InChI=1S/C14H14FN3/c15-11-5-2-1-4-10(11)13-8-18-14(9-17-13)12-6-3-7-16-12/h1-2,4-5,8-9,12,16H,3,6-7H2/t12-/m1/s1. The van der Waals surface area contributed by atoms with Crippen LogP contribution in [0, 0.1) is 5.82 Å². The zero-order valence-corrected chi connectivity index (χ0v) is 9.94. The Balaban J connectivity index is 1.89. The van der Waals surface area contributed by atoms with Gasteiger partial charge in [0, 0.05) is 5.56 Å². The normalized spacial score (nSPS) is 19.1. The maximum absolute atomic E-state index is 13.6. The van der Waals surface area contributed by atoms with E-state index in [1.165, 1.54) is 12.5 Å². The van der Waals surface area contributed by atoms with Gasteiger partial charge in [0.15, 0.2) is 0 Å². The highest BCUT2D eigenvalue weighted by Crippen LogP contribution is 2.23. The highest BCUT2D eigenvalue weighted by atomic mass is 19.1. The second-order valence-electron chi connectivity index (χ2n) is 4.46. The molecule has 3 rings (SSSR count). The molecule has 4 heteroatoms. The van der Waals surface area contributed by atoms with E-state index in [0.717, 1.165) is 18.7 Å². The second kappa shape index (κ2) is 4.82. The maximum atomic E-state index is 13.6. The summed E-state index contributed by atoms with van der Waals surface area (Å²) < 4.78 is 13.6. The summed E-state index contributed by atoms with van der Waals surface area (Å²) in [6.07, 6.45) is 5.65. The Morgan fingerprint density at radius 2 is 2.06 bits per heavy atom. The summed E-state index contributed by atoms with van der Waals surface area (Å²) in [7, 11) is 0. The van der Waals surface area contributed by atoms with Gasteiger partial charge >= 0.3 is 0 Å². The number of rotatable bonds is 2. The van der Waals surface area contributed by atoms with Gasteiger partial charge < -0.3 is 5.32 Å². The first-order chi connectivity index (χ1) is 8.84. The minimum Gasteiger partial charge on any atom is -0.309 e. The summed E-state index contributed by atoms with van der Waals surface area (Å²) in [6.45, 7) is 1.03. The number of benzene rings is 1. The molecule has 0 unspecified atom stereocenters. The van der Waals surface area contributed by atoms with Crippen molar-refractivity contribution < 1.29 is 4.39 Å². The molecule has 1 aliphatic rings. The first-order valence-corrected chi connectivity index (χ1v) is 6.15. The number of nitrogens with one attached hydrogen (secondary N) is 1. The summed E-state index contributed by atoms with van der Waals surface area (Å²) in [4.78, 5) is 8.70. The van der Waals surface area contributed by atoms with Crippen molar-refractivity contribution in [2.24, 2.45) is 0 Å². The van der Waals surface area contributed by atoms with E-state index in [0.29, 0.717) is 17.3 Å². The van der Waals surface area contributed by atoms with Crippen LogP contribution in [-0.2, 0) is 0 Å². The van der Waals surface area contributed by atoms with Crippen molar-refractivity contribution in [2.45, 2.75) is 18.9 Å². The zero-order chi connectivity index (χ0) is 12.4. The Kier molecular flexibility index (Phi) is 3.02. The van der Waals surface area contributed by atoms with Crippen molar-refractivity contribution in [3.8, 4) is 11.3 Å². The summed E-state index contributed by atoms with van der Waals surface area (Å²) in [5.41, 5.74) is 2.01. The van der Waals surface area contributed by atoms with Crippen LogP contribution in [0.25, 0.3) is 11.3 Å². The molecule has 1 aliphatic heterocycles. The van der Waals surface area contributed by atoms with Crippen LogP contribution in [0.1, 0.15) is 24.6 Å². The smallest absolute Gasteiger partial charge is 0.132 e. The van der Waals surface area contributed by atoms with Crippen molar-refractivity contribution in [1.82, 2.24) is 15.3 Å². The molecule has 1 fully saturated rings. The van der Waals surface area contributed by atoms with Crippen LogP contribution in [0.4, 0.5) is 4.39 Å². The molecule has 2 heterocycles. The van der Waals surface area contributed by atoms with Crippen LogP contribution < -0.4 is 5.32 Å². The second-order valence-corrected chi connectivity index (χ2v) is 4.46. The molecule has 1 atom stereocenters. The predicted octanol–water partition coefficient (Wildman–Crippen LogP) is 2.71. The van der Waals surface area contributed by atoms with E-state index in [9.17, 15) is 4.39 Å². The molecular formula is C14H14FN3. The van der Waals surface area contributed by atoms with Gasteiger partial charge in [0.05, 0.1) is 29.8 Å². The minimum absolute atomic E-state index is 0.265. The fourth-order valence-electron chi connectivity index (χ4n) is 2.26. The van der Waals surface area contributed by atoms with Crippen molar-refractivity contribution in [3.63, 3.8) is 0 Å². The largest absolute Gasteiger partial charge is 0.309 e. The van der Waals surface area contributed by atoms with Gasteiger partial charge in [-0.1, -0.05) is 12.1 Å². The van der Waals surface area contributed by atoms with Gasteiger partial charge in [-0.15, -0.1) is 0 Å². The first kappa shape index (κ1) is 11.3. The van der Waals surface area contributed by atoms with E-state index in [4.69, 9.17) is 0 Å². The van der Waals surface area contributed by atoms with Crippen LogP contribution in [0.2, 0.25) is 0 Å². The molecule has 0 radical (unpaired) electrons. The minimum atomic E-state index is -0.265. The van der Waals surface area contributed by atoms with E-state index < -0.39 is 0 Å². The van der Waals surface area contributed by atoms with Crippen LogP contribution >= 0.6 is 0 Å². The zero-order valence-electron chi connectivity index (χ0n) is 9.94. The number of hydrogen-bond donors (Lipinski definition) is 1. The van der Waals surface area contributed by atoms with Crippen molar-refractivity contribution in [3.05, 3.63) is 48.2 Å². The van der Waals surface area contributed by atoms with Gasteiger partial charge in [-0.3, -0.25) is 9.97 Å². The van der Waals surface area contributed by atoms with Crippen LogP contribution in [-0.4, -0.2) is 16.5 Å². The van der Waals surface area contributed by atoms with Gasteiger partial charge in [0.2, 0.25) is 0 Å². The molecule has 92 valence electrons. The van der Waals surface area contributed by atoms with Gasteiger partial charge in [0.25, 0.3) is 0 Å². The number of aromatic nitrogens is 2. The Morgan fingerprint density at radius 3 is 2.72 bits per heavy atom. The Bertz CT molecular complexity index is 533. The molecule has 1 saturated heterocycles. The SMILES string of the molecule is Fc1ccccc1-c1cnc([C@H]2CCCN2)cn1. The molecule has 1 aromatic carbocycles. The Hall–Kier alpha value is -1.81. The quantitative estimate of drug-likeness (QED) is 0.881. The number of hydrogen-bond acceptors (Lipinski definition) is 3. The molecule has 2 aromatic rings. The predicted molar refractivity (Wildman–Crippen MR) is 67.4 cm³/mol. The third kappa shape index (κ3) is 2.11. The molecule has 18 heavy (non-hydrogen) atoms. The lowest BCUT2D eigenvalue weighted by atomic mass is 10.1. The molecule has 0 aliphatic carbocycles. The van der Waals surface area contributed by atoms with Crippen molar-refractivity contribution in [1.29, 1.82) is 0 Å². The van der Waals surface area contributed by atoms with E-state index in [1.807, 2.05) is 0 Å². The average Bonchev–Trinajstić information content (AvgIpc) is 2.94. The summed E-state index contributed by atoms with van der Waals surface area (Å²) in [5, 5.41) is 3.37. The van der Waals surface area contributed by atoms with Crippen molar-refractivity contribution in [2.75, 3.05) is 6.54 Å². The third-order valence-corrected chi connectivity index (χ3v) is 3.24. The fraction of sp³-hybridized carbons (Fsp3) is 0.286. The maximum Gasteiger partial charge on any atom is 0.132 e. The van der Waals surface area contributed by atoms with E-state index in [2.05, 4.69) is 15.3 Å². The molecule has 1 aromatic heterocycles. The molecule has 0 spiro atoms. The Labute approximate surface area is 105 Å². The van der Waals surface area contributed by atoms with E-state index in [-0.39, 0.29) is 5.82 Å². The van der Waals surface area contributed by atoms with E-state index in [1.54, 1.807) is 30.6 Å². The summed E-state index contributed by atoms with van der Waals surface area (Å²) in [6, 6.07) is 6.92. The lowest BCUT2D eigenvalue weighted by Gasteiger charge is -2.09. The van der Waals surface area contributed by atoms with Crippen LogP contribution in [0.3, 0.4) is 0 Å². The molecule has 3 nitrogen and oxygen atoms in total. The number of nitrogens with zero attached hydrogens (tertiary/aromatic N) is 2.